The van der Waals surface area contributed by atoms with Crippen molar-refractivity contribution in [1.82, 2.24) is 14.7 Å². The van der Waals surface area contributed by atoms with Crippen LogP contribution in [0.15, 0.2) is 53.5 Å². The molecule has 0 spiro atoms. The minimum atomic E-state index is -4.65. The summed E-state index contributed by atoms with van der Waals surface area (Å²) in [6, 6.07) is 6.61. The van der Waals surface area contributed by atoms with Gasteiger partial charge in [0.25, 0.3) is 5.91 Å². The predicted octanol–water partition coefficient (Wildman–Crippen LogP) is 4.84. The maximum atomic E-state index is 15.2. The first kappa shape index (κ1) is 23.2. The Morgan fingerprint density at radius 3 is 2.57 bits per heavy atom. The van der Waals surface area contributed by atoms with E-state index in [4.69, 9.17) is 0 Å². The normalized spacial score (nSPS) is 20.5. The van der Waals surface area contributed by atoms with E-state index >= 15 is 4.39 Å². The quantitative estimate of drug-likeness (QED) is 0.495. The Bertz CT molecular complexity index is 1380. The molecular formula is C25H20F5N3O2. The number of alkyl halides is 3. The third-order valence-electron chi connectivity index (χ3n) is 6.92. The zero-order valence-electron chi connectivity index (χ0n) is 18.5. The number of aromatic nitrogens is 2. The Labute approximate surface area is 196 Å². The summed E-state index contributed by atoms with van der Waals surface area (Å²) < 4.78 is 71.6. The maximum Gasteiger partial charge on any atom is 0.416 e. The number of halogens is 5. The Morgan fingerprint density at radius 1 is 1.09 bits per heavy atom. The largest absolute Gasteiger partial charge is 0.416 e. The Morgan fingerprint density at radius 2 is 1.83 bits per heavy atom. The van der Waals surface area contributed by atoms with Crippen LogP contribution in [-0.4, -0.2) is 33.2 Å². The van der Waals surface area contributed by atoms with Gasteiger partial charge >= 0.3 is 6.18 Å². The molecule has 5 nitrogen and oxygen atoms in total. The molecule has 0 unspecified atom stereocenters. The van der Waals surface area contributed by atoms with E-state index in [1.165, 1.54) is 35.9 Å². The van der Waals surface area contributed by atoms with Crippen molar-refractivity contribution in [3.63, 3.8) is 0 Å². The van der Waals surface area contributed by atoms with Crippen LogP contribution in [0.1, 0.15) is 57.5 Å². The first-order valence-corrected chi connectivity index (χ1v) is 11.1. The molecule has 5 rings (SSSR count). The third kappa shape index (κ3) is 3.71. The highest BCUT2D eigenvalue weighted by atomic mass is 19.4. The molecule has 3 atom stereocenters. The van der Waals surface area contributed by atoms with Crippen LogP contribution in [0.2, 0.25) is 0 Å². The van der Waals surface area contributed by atoms with E-state index in [0.717, 1.165) is 24.4 Å². The molecule has 0 bridgehead atoms. The van der Waals surface area contributed by atoms with Gasteiger partial charge in [-0.2, -0.15) is 18.3 Å². The van der Waals surface area contributed by atoms with E-state index in [9.17, 15) is 27.2 Å². The van der Waals surface area contributed by atoms with Crippen molar-refractivity contribution in [3.05, 3.63) is 98.5 Å². The molecular weight excluding hydrogens is 469 g/mol. The molecule has 2 aromatic carbocycles. The van der Waals surface area contributed by atoms with Crippen molar-refractivity contribution in [2.24, 2.45) is 0 Å². The van der Waals surface area contributed by atoms with E-state index in [1.807, 2.05) is 0 Å². The van der Waals surface area contributed by atoms with Gasteiger partial charge in [0.05, 0.1) is 23.8 Å². The highest BCUT2D eigenvalue weighted by molar-refractivity contribution is 5.95. The third-order valence-corrected chi connectivity index (χ3v) is 6.92. The smallest absolute Gasteiger partial charge is 0.332 e. The lowest BCUT2D eigenvalue weighted by Gasteiger charge is -2.43. The number of rotatable bonds is 3. The fourth-order valence-electron chi connectivity index (χ4n) is 5.33. The van der Waals surface area contributed by atoms with Gasteiger partial charge in [-0.05, 0) is 37.5 Å². The number of amides is 1. The van der Waals surface area contributed by atoms with Gasteiger partial charge in [-0.15, -0.1) is 0 Å². The topological polar surface area (TPSA) is 55.2 Å². The van der Waals surface area contributed by atoms with Gasteiger partial charge in [-0.25, -0.2) is 8.78 Å². The van der Waals surface area contributed by atoms with Crippen LogP contribution in [-0.2, 0) is 6.18 Å². The lowest BCUT2D eigenvalue weighted by molar-refractivity contribution is -0.137. The number of fused-ring (bicyclic) bond motifs is 2. The lowest BCUT2D eigenvalue weighted by Crippen LogP contribution is -2.51. The molecule has 3 heterocycles. The summed E-state index contributed by atoms with van der Waals surface area (Å²) in [7, 11) is 0. The zero-order valence-corrected chi connectivity index (χ0v) is 18.5. The van der Waals surface area contributed by atoms with Crippen LogP contribution in [0.25, 0.3) is 0 Å². The molecule has 0 aliphatic carbocycles. The van der Waals surface area contributed by atoms with Crippen LogP contribution >= 0.6 is 0 Å². The van der Waals surface area contributed by atoms with Crippen molar-refractivity contribution in [2.75, 3.05) is 6.54 Å². The second-order valence-corrected chi connectivity index (χ2v) is 8.87. The molecule has 1 fully saturated rings. The number of carbonyl (C=O) groups excluding carboxylic acids is 1. The fourth-order valence-corrected chi connectivity index (χ4v) is 5.33. The SMILES string of the molecule is Cc1c2n(ncc1=O)[C@@H]([C@H](c1cccc(C(F)(F)F)c1)c1cccc(F)c1F)[C@H]1CCCN1C2=O. The molecule has 35 heavy (non-hydrogen) atoms. The fraction of sp³-hybridized carbons (Fsp3) is 0.320. The van der Waals surface area contributed by atoms with Crippen molar-refractivity contribution < 1.29 is 26.7 Å². The first-order valence-electron chi connectivity index (χ1n) is 11.1. The standard InChI is InChI=1S/C25H20F5N3O2/c1-13-19(34)12-31-33-22(13)24(35)32-10-4-9-18(32)23(33)20(16-7-3-8-17(26)21(16)27)14-5-2-6-15(11-14)25(28,29)30/h2-3,5-8,11-12,18,20,23H,4,9-10H2,1H3/t18-,20-,23-/m1/s1. The van der Waals surface area contributed by atoms with Crippen molar-refractivity contribution >= 4 is 5.91 Å². The first-order chi connectivity index (χ1) is 16.6. The molecule has 0 saturated carbocycles. The number of carbonyl (C=O) groups is 1. The second kappa shape index (κ2) is 8.28. The van der Waals surface area contributed by atoms with Gasteiger partial charge in [0.15, 0.2) is 11.6 Å². The average Bonchev–Trinajstić information content (AvgIpc) is 3.31. The molecule has 1 aromatic heterocycles. The van der Waals surface area contributed by atoms with Gasteiger partial charge in [0.2, 0.25) is 5.43 Å². The van der Waals surface area contributed by atoms with Gasteiger partial charge in [0, 0.05) is 23.6 Å². The molecule has 182 valence electrons. The van der Waals surface area contributed by atoms with Crippen LogP contribution in [0.4, 0.5) is 22.0 Å². The molecule has 2 aliphatic rings. The van der Waals surface area contributed by atoms with E-state index in [-0.39, 0.29) is 22.4 Å². The number of hydrogen-bond donors (Lipinski definition) is 0. The summed E-state index contributed by atoms with van der Waals surface area (Å²) >= 11 is 0. The zero-order chi connectivity index (χ0) is 25.1. The molecule has 1 amide bonds. The van der Waals surface area contributed by atoms with E-state index in [2.05, 4.69) is 5.10 Å². The highest BCUT2D eigenvalue weighted by Crippen LogP contribution is 2.46. The molecule has 1 saturated heterocycles. The van der Waals surface area contributed by atoms with Crippen molar-refractivity contribution in [1.29, 1.82) is 0 Å². The molecule has 10 heteroatoms. The molecule has 0 N–H and O–H groups in total. The molecule has 0 radical (unpaired) electrons. The van der Waals surface area contributed by atoms with Gasteiger partial charge in [-0.1, -0.05) is 30.3 Å². The minimum Gasteiger partial charge on any atom is -0.332 e. The Kier molecular flexibility index (Phi) is 5.49. The van der Waals surface area contributed by atoms with Gasteiger partial charge < -0.3 is 4.90 Å². The van der Waals surface area contributed by atoms with Crippen LogP contribution in [0.5, 0.6) is 0 Å². The monoisotopic (exact) mass is 489 g/mol. The van der Waals surface area contributed by atoms with Crippen molar-refractivity contribution in [2.45, 2.75) is 43.9 Å². The second-order valence-electron chi connectivity index (χ2n) is 8.87. The predicted molar refractivity (Wildman–Crippen MR) is 116 cm³/mol. The summed E-state index contributed by atoms with van der Waals surface area (Å²) in [4.78, 5) is 27.1. The lowest BCUT2D eigenvalue weighted by atomic mass is 9.79. The van der Waals surface area contributed by atoms with Gasteiger partial charge in [-0.3, -0.25) is 14.3 Å². The van der Waals surface area contributed by atoms with Gasteiger partial charge in [0.1, 0.15) is 5.69 Å². The van der Waals surface area contributed by atoms with E-state index in [0.29, 0.717) is 19.4 Å². The highest BCUT2D eigenvalue weighted by Gasteiger charge is 2.48. The number of nitrogens with zero attached hydrogens (tertiary/aromatic N) is 3. The molecule has 2 aliphatic heterocycles. The maximum absolute atomic E-state index is 15.2. The summed E-state index contributed by atoms with van der Waals surface area (Å²) in [5.41, 5.74) is -1.30. The summed E-state index contributed by atoms with van der Waals surface area (Å²) in [5, 5.41) is 4.19. The summed E-state index contributed by atoms with van der Waals surface area (Å²) in [6.45, 7) is 1.85. The summed E-state index contributed by atoms with van der Waals surface area (Å²) in [6.07, 6.45) is -2.50. The van der Waals surface area contributed by atoms with Crippen molar-refractivity contribution in [3.8, 4) is 0 Å². The summed E-state index contributed by atoms with van der Waals surface area (Å²) in [5.74, 6) is -3.86. The van der Waals surface area contributed by atoms with Crippen LogP contribution in [0, 0.1) is 18.6 Å². The number of benzene rings is 2. The average molecular weight is 489 g/mol. The van der Waals surface area contributed by atoms with Crippen LogP contribution < -0.4 is 5.43 Å². The Balaban J connectivity index is 1.82. The minimum absolute atomic E-state index is 0.00874. The Hall–Kier alpha value is -3.56. The van der Waals surface area contributed by atoms with Crippen LogP contribution in [0.3, 0.4) is 0 Å². The van der Waals surface area contributed by atoms with E-state index < -0.39 is 52.7 Å². The molecule has 3 aromatic rings. The van der Waals surface area contributed by atoms with E-state index in [1.54, 1.807) is 4.90 Å². The number of hydrogen-bond acceptors (Lipinski definition) is 3.